The van der Waals surface area contributed by atoms with Gasteiger partial charge in [0.25, 0.3) is 6.43 Å². The Labute approximate surface area is 95.0 Å². The van der Waals surface area contributed by atoms with Gasteiger partial charge in [0.1, 0.15) is 17.9 Å². The zero-order valence-corrected chi connectivity index (χ0v) is 8.79. The molecule has 0 aliphatic heterocycles. The first-order chi connectivity index (χ1) is 7.66. The summed E-state index contributed by atoms with van der Waals surface area (Å²) in [6, 6.07) is 3.13. The predicted molar refractivity (Wildman–Crippen MR) is 56.0 cm³/mol. The molecule has 0 radical (unpaired) electrons. The molecule has 0 saturated heterocycles. The van der Waals surface area contributed by atoms with E-state index in [9.17, 15) is 8.78 Å². The van der Waals surface area contributed by atoms with Crippen LogP contribution >= 0.6 is 11.6 Å². The summed E-state index contributed by atoms with van der Waals surface area (Å²) in [7, 11) is 0. The van der Waals surface area contributed by atoms with Gasteiger partial charge in [-0.15, -0.1) is 0 Å². The molecule has 84 valence electrons. The first-order valence-corrected chi connectivity index (χ1v) is 4.86. The summed E-state index contributed by atoms with van der Waals surface area (Å²) in [5, 5.41) is 0.463. The van der Waals surface area contributed by atoms with Crippen LogP contribution in [0.3, 0.4) is 0 Å². The van der Waals surface area contributed by atoms with Crippen molar-refractivity contribution in [1.29, 1.82) is 0 Å². The van der Waals surface area contributed by atoms with E-state index in [1.807, 2.05) is 0 Å². The van der Waals surface area contributed by atoms with Crippen LogP contribution in [0.5, 0.6) is 5.75 Å². The molecule has 3 nitrogen and oxygen atoms in total. The highest BCUT2D eigenvalue weighted by molar-refractivity contribution is 6.34. The van der Waals surface area contributed by atoms with Crippen molar-refractivity contribution in [3.05, 3.63) is 29.5 Å². The van der Waals surface area contributed by atoms with Gasteiger partial charge in [0.2, 0.25) is 0 Å². The molecule has 0 fully saturated rings. The average Bonchev–Trinajstić information content (AvgIpc) is 2.26. The smallest absolute Gasteiger partial charge is 0.272 e. The quantitative estimate of drug-likeness (QED) is 0.833. The van der Waals surface area contributed by atoms with Crippen molar-refractivity contribution in [2.75, 3.05) is 6.61 Å². The molecule has 2 rings (SSSR count). The van der Waals surface area contributed by atoms with Crippen LogP contribution in [0.1, 0.15) is 0 Å². The number of ether oxygens (including phenoxy) is 1. The highest BCUT2D eigenvalue weighted by Crippen LogP contribution is 2.22. The molecule has 0 atom stereocenters. The van der Waals surface area contributed by atoms with Crippen molar-refractivity contribution in [3.63, 3.8) is 0 Å². The summed E-state index contributed by atoms with van der Waals surface area (Å²) in [5.41, 5.74) is 1.04. The first kappa shape index (κ1) is 11.0. The van der Waals surface area contributed by atoms with E-state index in [0.29, 0.717) is 16.1 Å². The number of halogens is 3. The largest absolute Gasteiger partial charge is 0.486 e. The molecule has 0 N–H and O–H groups in total. The van der Waals surface area contributed by atoms with Crippen LogP contribution in [0, 0.1) is 0 Å². The van der Waals surface area contributed by atoms with Crippen molar-refractivity contribution in [1.82, 2.24) is 9.97 Å². The van der Waals surface area contributed by atoms with Gasteiger partial charge in [0.15, 0.2) is 0 Å². The molecule has 0 aliphatic rings. The summed E-state index contributed by atoms with van der Waals surface area (Å²) in [6.07, 6.45) is 0.352. The maximum absolute atomic E-state index is 11.9. The zero-order chi connectivity index (χ0) is 11.5. The molecular weight excluding hydrogens is 238 g/mol. The molecule has 0 saturated carbocycles. The van der Waals surface area contributed by atoms with Gasteiger partial charge < -0.3 is 4.74 Å². The van der Waals surface area contributed by atoms with Gasteiger partial charge in [-0.25, -0.2) is 13.8 Å². The molecule has 0 amide bonds. The lowest BCUT2D eigenvalue weighted by Gasteiger charge is -2.05. The van der Waals surface area contributed by atoms with E-state index in [1.54, 1.807) is 6.07 Å². The Morgan fingerprint density at radius 1 is 1.38 bits per heavy atom. The molecule has 2 aromatic heterocycles. The molecule has 16 heavy (non-hydrogen) atoms. The Morgan fingerprint density at radius 2 is 2.19 bits per heavy atom. The minimum absolute atomic E-state index is 0.252. The summed E-state index contributed by atoms with van der Waals surface area (Å²) in [5.74, 6) is 0.252. The first-order valence-electron chi connectivity index (χ1n) is 4.48. The SMILES string of the molecule is FC(F)COc1cnc2c(Cl)ccnc2c1. The van der Waals surface area contributed by atoms with Crippen molar-refractivity contribution in [2.45, 2.75) is 6.43 Å². The Bertz CT molecular complexity index is 507. The van der Waals surface area contributed by atoms with E-state index in [4.69, 9.17) is 16.3 Å². The van der Waals surface area contributed by atoms with Crippen LogP contribution in [-0.2, 0) is 0 Å². The second-order valence-electron chi connectivity index (χ2n) is 3.03. The van der Waals surface area contributed by atoms with E-state index in [0.717, 1.165) is 0 Å². The van der Waals surface area contributed by atoms with Crippen LogP contribution in [0.15, 0.2) is 24.5 Å². The zero-order valence-electron chi connectivity index (χ0n) is 8.03. The monoisotopic (exact) mass is 244 g/mol. The van der Waals surface area contributed by atoms with E-state index >= 15 is 0 Å². The molecule has 6 heteroatoms. The fourth-order valence-corrected chi connectivity index (χ4v) is 1.42. The molecule has 0 aliphatic carbocycles. The van der Waals surface area contributed by atoms with Crippen molar-refractivity contribution in [2.24, 2.45) is 0 Å². The third-order valence-electron chi connectivity index (χ3n) is 1.88. The van der Waals surface area contributed by atoms with Crippen molar-refractivity contribution < 1.29 is 13.5 Å². The maximum atomic E-state index is 11.9. The highest BCUT2D eigenvalue weighted by atomic mass is 35.5. The molecule has 0 spiro atoms. The van der Waals surface area contributed by atoms with Gasteiger partial charge in [-0.05, 0) is 6.07 Å². The number of rotatable bonds is 3. The lowest BCUT2D eigenvalue weighted by Crippen LogP contribution is -2.07. The highest BCUT2D eigenvalue weighted by Gasteiger charge is 2.06. The second kappa shape index (κ2) is 4.57. The minimum atomic E-state index is -2.51. The Morgan fingerprint density at radius 3 is 2.94 bits per heavy atom. The fraction of sp³-hybridized carbons (Fsp3) is 0.200. The number of alkyl halides is 2. The summed E-state index contributed by atoms with van der Waals surface area (Å²) in [4.78, 5) is 8.01. The maximum Gasteiger partial charge on any atom is 0.272 e. The third-order valence-corrected chi connectivity index (χ3v) is 2.18. The summed E-state index contributed by atoms with van der Waals surface area (Å²) < 4.78 is 28.7. The van der Waals surface area contributed by atoms with Crippen molar-refractivity contribution in [3.8, 4) is 5.75 Å². The van der Waals surface area contributed by atoms with E-state index < -0.39 is 13.0 Å². The van der Waals surface area contributed by atoms with Gasteiger partial charge in [-0.1, -0.05) is 11.6 Å². The lowest BCUT2D eigenvalue weighted by molar-refractivity contribution is 0.0818. The number of aromatic nitrogens is 2. The van der Waals surface area contributed by atoms with Gasteiger partial charge in [0.05, 0.1) is 16.7 Å². The number of fused-ring (bicyclic) bond motifs is 1. The Hall–Kier alpha value is -1.49. The van der Waals surface area contributed by atoms with Gasteiger partial charge in [-0.3, -0.25) is 4.98 Å². The van der Waals surface area contributed by atoms with Crippen molar-refractivity contribution >= 4 is 22.6 Å². The van der Waals surface area contributed by atoms with Crippen LogP contribution in [0.25, 0.3) is 11.0 Å². The minimum Gasteiger partial charge on any atom is -0.486 e. The molecular formula is C10H7ClF2N2O. The Balaban J connectivity index is 2.30. The number of hydrogen-bond acceptors (Lipinski definition) is 3. The van der Waals surface area contributed by atoms with Gasteiger partial charge in [0, 0.05) is 12.3 Å². The molecule has 2 heterocycles. The number of pyridine rings is 2. The van der Waals surface area contributed by atoms with Gasteiger partial charge >= 0.3 is 0 Å². The topological polar surface area (TPSA) is 35.0 Å². The van der Waals surface area contributed by atoms with E-state index in [2.05, 4.69) is 9.97 Å². The van der Waals surface area contributed by atoms with Crippen LogP contribution in [0.2, 0.25) is 5.02 Å². The number of hydrogen-bond donors (Lipinski definition) is 0. The molecule has 2 aromatic rings. The average molecular weight is 245 g/mol. The third kappa shape index (κ3) is 2.36. The summed E-state index contributed by atoms with van der Waals surface area (Å²) in [6.45, 7) is -0.659. The molecule has 0 unspecified atom stereocenters. The van der Waals surface area contributed by atoms with Gasteiger partial charge in [-0.2, -0.15) is 0 Å². The van der Waals surface area contributed by atoms with Crippen LogP contribution < -0.4 is 4.74 Å². The molecule has 0 aromatic carbocycles. The number of nitrogens with zero attached hydrogens (tertiary/aromatic N) is 2. The Kier molecular flexibility index (Phi) is 3.14. The normalized spacial score (nSPS) is 11.0. The fourth-order valence-electron chi connectivity index (χ4n) is 1.22. The lowest BCUT2D eigenvalue weighted by atomic mass is 10.3. The predicted octanol–water partition coefficient (Wildman–Crippen LogP) is 2.93. The second-order valence-corrected chi connectivity index (χ2v) is 3.44. The van der Waals surface area contributed by atoms with E-state index in [1.165, 1.54) is 18.5 Å². The van der Waals surface area contributed by atoms with Crippen LogP contribution in [0.4, 0.5) is 8.78 Å². The standard InChI is InChI=1S/C10H7ClF2N2O/c11-7-1-2-14-8-3-6(4-15-10(7)8)16-5-9(12)13/h1-4,9H,5H2. The van der Waals surface area contributed by atoms with E-state index in [-0.39, 0.29) is 5.75 Å². The summed E-state index contributed by atoms with van der Waals surface area (Å²) >= 11 is 5.87. The van der Waals surface area contributed by atoms with Crippen LogP contribution in [-0.4, -0.2) is 23.0 Å². The molecule has 0 bridgehead atoms.